The highest BCUT2D eigenvalue weighted by Crippen LogP contribution is 2.51. The third-order valence-corrected chi connectivity index (χ3v) is 4.10. The lowest BCUT2D eigenvalue weighted by atomic mass is 10.1. The number of nitrogens with zero attached hydrogens (tertiary/aromatic N) is 1. The molecule has 0 amide bonds. The molecule has 1 fully saturated rings. The molecule has 92 valence electrons. The van der Waals surface area contributed by atoms with Crippen LogP contribution >= 0.6 is 11.8 Å². The first-order valence-corrected chi connectivity index (χ1v) is 6.15. The van der Waals surface area contributed by atoms with E-state index in [1.54, 1.807) is 0 Å². The Bertz CT molecular complexity index is 449. The quantitative estimate of drug-likeness (QED) is 0.826. The molecule has 0 aliphatic heterocycles. The van der Waals surface area contributed by atoms with Crippen LogP contribution in [0.2, 0.25) is 0 Å². The number of thioether (sulfide) groups is 1. The molecule has 2 rings (SSSR count). The summed E-state index contributed by atoms with van der Waals surface area (Å²) < 4.78 is 25.9. The van der Waals surface area contributed by atoms with Crippen LogP contribution in [-0.4, -0.2) is 21.8 Å². The van der Waals surface area contributed by atoms with Crippen LogP contribution in [0.15, 0.2) is 17.3 Å². The molecule has 1 N–H and O–H groups in total. The minimum Gasteiger partial charge on any atom is -0.481 e. The topological polar surface area (TPSA) is 50.2 Å². The molecule has 0 spiro atoms. The summed E-state index contributed by atoms with van der Waals surface area (Å²) in [7, 11) is 0. The highest BCUT2D eigenvalue weighted by atomic mass is 32.2. The first kappa shape index (κ1) is 12.3. The Morgan fingerprint density at radius 1 is 1.53 bits per heavy atom. The number of aromatic nitrogens is 1. The van der Waals surface area contributed by atoms with Gasteiger partial charge in [-0.1, -0.05) is 0 Å². The molecule has 0 unspecified atom stereocenters. The number of hydrogen-bond donors (Lipinski definition) is 1. The Labute approximate surface area is 101 Å². The van der Waals surface area contributed by atoms with E-state index in [1.807, 2.05) is 0 Å². The monoisotopic (exact) mass is 259 g/mol. The average molecular weight is 259 g/mol. The highest BCUT2D eigenvalue weighted by Gasteiger charge is 2.44. The van der Waals surface area contributed by atoms with Crippen LogP contribution < -0.4 is 0 Å². The smallest absolute Gasteiger partial charge is 0.303 e. The van der Waals surface area contributed by atoms with Gasteiger partial charge >= 0.3 is 5.97 Å². The molecule has 1 heterocycles. The van der Waals surface area contributed by atoms with Gasteiger partial charge in [0.15, 0.2) is 5.82 Å². The molecule has 0 radical (unpaired) electrons. The second kappa shape index (κ2) is 4.60. The molecule has 3 nitrogen and oxygen atoms in total. The van der Waals surface area contributed by atoms with E-state index < -0.39 is 17.6 Å². The van der Waals surface area contributed by atoms with Gasteiger partial charge in [0.2, 0.25) is 0 Å². The molecule has 0 bridgehead atoms. The van der Waals surface area contributed by atoms with Gasteiger partial charge in [0.1, 0.15) is 10.8 Å². The van der Waals surface area contributed by atoms with Gasteiger partial charge in [0.25, 0.3) is 0 Å². The number of aliphatic carboxylic acids is 1. The number of pyridine rings is 1. The van der Waals surface area contributed by atoms with Crippen LogP contribution in [-0.2, 0) is 4.79 Å². The molecule has 0 saturated heterocycles. The molecule has 1 aliphatic carbocycles. The Morgan fingerprint density at radius 2 is 2.24 bits per heavy atom. The number of carboxylic acid groups (broad SMARTS) is 1. The second-order valence-electron chi connectivity index (χ2n) is 4.30. The average Bonchev–Trinajstić information content (AvgIpc) is 2.96. The maximum absolute atomic E-state index is 13.3. The fraction of sp³-hybridized carbons (Fsp3) is 0.455. The molecular weight excluding hydrogens is 248 g/mol. The summed E-state index contributed by atoms with van der Waals surface area (Å²) in [4.78, 5) is 14.3. The summed E-state index contributed by atoms with van der Waals surface area (Å²) in [5, 5.41) is 8.86. The van der Waals surface area contributed by atoms with E-state index >= 15 is 0 Å². The van der Waals surface area contributed by atoms with Gasteiger partial charge < -0.3 is 5.11 Å². The third-order valence-electron chi connectivity index (χ3n) is 2.77. The highest BCUT2D eigenvalue weighted by molar-refractivity contribution is 7.99. The van der Waals surface area contributed by atoms with Gasteiger partial charge in [-0.25, -0.2) is 13.8 Å². The summed E-state index contributed by atoms with van der Waals surface area (Å²) in [5.74, 6) is -1.73. The Morgan fingerprint density at radius 3 is 2.76 bits per heavy atom. The maximum atomic E-state index is 13.3. The summed E-state index contributed by atoms with van der Waals surface area (Å²) in [6.45, 7) is 0. The second-order valence-corrected chi connectivity index (χ2v) is 5.26. The van der Waals surface area contributed by atoms with Crippen molar-refractivity contribution in [2.45, 2.75) is 24.3 Å². The van der Waals surface area contributed by atoms with Crippen LogP contribution in [0.5, 0.6) is 0 Å². The van der Waals surface area contributed by atoms with Crippen molar-refractivity contribution in [3.63, 3.8) is 0 Å². The van der Waals surface area contributed by atoms with E-state index in [-0.39, 0.29) is 16.9 Å². The van der Waals surface area contributed by atoms with Crippen LogP contribution in [0.3, 0.4) is 0 Å². The first-order chi connectivity index (χ1) is 8.01. The molecular formula is C11H11F2NO2S. The largest absolute Gasteiger partial charge is 0.481 e. The fourth-order valence-corrected chi connectivity index (χ4v) is 2.76. The molecule has 17 heavy (non-hydrogen) atoms. The Hall–Kier alpha value is -1.17. The van der Waals surface area contributed by atoms with Crippen LogP contribution in [0.1, 0.15) is 19.3 Å². The van der Waals surface area contributed by atoms with E-state index in [0.717, 1.165) is 36.9 Å². The van der Waals surface area contributed by atoms with Crippen LogP contribution in [0.25, 0.3) is 0 Å². The van der Waals surface area contributed by atoms with Gasteiger partial charge in [0, 0.05) is 11.8 Å². The van der Waals surface area contributed by atoms with Gasteiger partial charge in [-0.3, -0.25) is 4.79 Å². The van der Waals surface area contributed by atoms with E-state index in [9.17, 15) is 13.6 Å². The molecule has 0 aromatic carbocycles. The number of hydrogen-bond acceptors (Lipinski definition) is 3. The van der Waals surface area contributed by atoms with Crippen molar-refractivity contribution in [1.29, 1.82) is 0 Å². The summed E-state index contributed by atoms with van der Waals surface area (Å²) >= 11 is 1.15. The number of halogens is 2. The number of carbonyl (C=O) groups is 1. The predicted molar refractivity (Wildman–Crippen MR) is 58.8 cm³/mol. The predicted octanol–water partition coefficient (Wildman–Crippen LogP) is 2.71. The zero-order valence-electron chi connectivity index (χ0n) is 8.95. The van der Waals surface area contributed by atoms with Crippen molar-refractivity contribution < 1.29 is 18.7 Å². The molecule has 1 saturated carbocycles. The minimum absolute atomic E-state index is 0.100. The van der Waals surface area contributed by atoms with E-state index in [4.69, 9.17) is 5.11 Å². The molecule has 1 aliphatic rings. The third kappa shape index (κ3) is 3.15. The fourth-order valence-electron chi connectivity index (χ4n) is 1.60. The van der Waals surface area contributed by atoms with Gasteiger partial charge in [-0.2, -0.15) is 0 Å². The summed E-state index contributed by atoms with van der Waals surface area (Å²) in [6.07, 6.45) is 2.75. The van der Waals surface area contributed by atoms with Crippen LogP contribution in [0, 0.1) is 17.0 Å². The van der Waals surface area contributed by atoms with E-state index in [1.165, 1.54) is 0 Å². The summed E-state index contributed by atoms with van der Waals surface area (Å²) in [6, 6.07) is 0.784. The van der Waals surface area contributed by atoms with E-state index in [2.05, 4.69) is 4.98 Å². The van der Waals surface area contributed by atoms with Gasteiger partial charge in [-0.05, 0) is 18.3 Å². The van der Waals surface area contributed by atoms with Crippen molar-refractivity contribution in [1.82, 2.24) is 4.98 Å². The van der Waals surface area contributed by atoms with Crippen molar-refractivity contribution in [2.75, 3.05) is 5.75 Å². The minimum atomic E-state index is -0.837. The number of rotatable bonds is 5. The molecule has 1 aromatic rings. The first-order valence-electron chi connectivity index (χ1n) is 5.16. The van der Waals surface area contributed by atoms with Crippen molar-refractivity contribution >= 4 is 17.7 Å². The van der Waals surface area contributed by atoms with Gasteiger partial charge in [-0.15, -0.1) is 11.8 Å². The zero-order chi connectivity index (χ0) is 12.5. The van der Waals surface area contributed by atoms with Crippen molar-refractivity contribution in [3.05, 3.63) is 23.9 Å². The Balaban J connectivity index is 1.96. The maximum Gasteiger partial charge on any atom is 0.303 e. The Kier molecular flexibility index (Phi) is 3.33. The van der Waals surface area contributed by atoms with Gasteiger partial charge in [0.05, 0.1) is 12.6 Å². The lowest BCUT2D eigenvalue weighted by Gasteiger charge is -2.11. The lowest BCUT2D eigenvalue weighted by molar-refractivity contribution is -0.138. The number of carboxylic acids is 1. The lowest BCUT2D eigenvalue weighted by Crippen LogP contribution is -2.11. The normalized spacial score (nSPS) is 16.8. The van der Waals surface area contributed by atoms with Crippen molar-refractivity contribution in [3.8, 4) is 0 Å². The zero-order valence-corrected chi connectivity index (χ0v) is 9.77. The van der Waals surface area contributed by atoms with Crippen molar-refractivity contribution in [2.24, 2.45) is 5.41 Å². The summed E-state index contributed by atoms with van der Waals surface area (Å²) in [5.41, 5.74) is -0.223. The molecule has 0 atom stereocenters. The van der Waals surface area contributed by atoms with E-state index in [0.29, 0.717) is 5.75 Å². The standard InChI is InChI=1S/C11H11F2NO2S/c12-7-3-8(13)10(14-5-7)17-6-11(1-2-11)4-9(15)16/h3,5H,1-2,4,6H2,(H,15,16). The molecule has 1 aromatic heterocycles. The molecule has 6 heteroatoms. The van der Waals surface area contributed by atoms with Crippen LogP contribution in [0.4, 0.5) is 8.78 Å². The SMILES string of the molecule is O=C(O)CC1(CSc2ncc(F)cc2F)CC1.